The Morgan fingerprint density at radius 3 is 2.87 bits per heavy atom. The van der Waals surface area contributed by atoms with Crippen LogP contribution >= 0.6 is 0 Å². The molecule has 3 aromatic rings. The number of likely N-dealkylation sites (tertiary alicyclic amines) is 1. The molecular formula is C16H17N5O2. The Kier molecular flexibility index (Phi) is 3.16. The van der Waals surface area contributed by atoms with Crippen molar-refractivity contribution in [1.82, 2.24) is 20.3 Å². The number of hydrogen-bond acceptors (Lipinski definition) is 5. The topological polar surface area (TPSA) is 101 Å². The van der Waals surface area contributed by atoms with Crippen molar-refractivity contribution in [2.45, 2.75) is 18.9 Å². The predicted molar refractivity (Wildman–Crippen MR) is 84.0 cm³/mol. The summed E-state index contributed by atoms with van der Waals surface area (Å²) in [6.07, 6.45) is 0. The molecule has 0 spiro atoms. The van der Waals surface area contributed by atoms with Crippen molar-refractivity contribution in [3.8, 4) is 0 Å². The van der Waals surface area contributed by atoms with Gasteiger partial charge in [0.1, 0.15) is 22.6 Å². The Balaban J connectivity index is 1.57. The molecule has 7 heteroatoms. The molecule has 0 bridgehead atoms. The first kappa shape index (κ1) is 14.0. The van der Waals surface area contributed by atoms with E-state index in [0.717, 1.165) is 17.0 Å². The van der Waals surface area contributed by atoms with Gasteiger partial charge in [-0.2, -0.15) is 15.4 Å². The SMILES string of the molecule is Cc1ccc([C@H]2CN(C(=O)c3ccc4n[nH]nc4c3)C[C@@H]2N)o1. The highest BCUT2D eigenvalue weighted by Gasteiger charge is 2.36. The normalized spacial score (nSPS) is 21.2. The zero-order chi connectivity index (χ0) is 16.0. The van der Waals surface area contributed by atoms with E-state index in [9.17, 15) is 4.79 Å². The van der Waals surface area contributed by atoms with E-state index in [4.69, 9.17) is 10.2 Å². The Hall–Kier alpha value is -2.67. The second-order valence-corrected chi connectivity index (χ2v) is 5.96. The van der Waals surface area contributed by atoms with Crippen molar-refractivity contribution < 1.29 is 9.21 Å². The maximum absolute atomic E-state index is 12.7. The Morgan fingerprint density at radius 2 is 2.09 bits per heavy atom. The molecule has 7 nitrogen and oxygen atoms in total. The highest BCUT2D eigenvalue weighted by molar-refractivity contribution is 5.97. The second kappa shape index (κ2) is 5.20. The van der Waals surface area contributed by atoms with Gasteiger partial charge in [-0.05, 0) is 37.3 Å². The fraction of sp³-hybridized carbons (Fsp3) is 0.312. The summed E-state index contributed by atoms with van der Waals surface area (Å²) in [6.45, 7) is 2.98. The van der Waals surface area contributed by atoms with E-state index in [1.165, 1.54) is 0 Å². The molecule has 3 heterocycles. The molecule has 0 aliphatic carbocycles. The molecule has 1 amide bonds. The lowest BCUT2D eigenvalue weighted by atomic mass is 10.0. The number of furan rings is 1. The van der Waals surface area contributed by atoms with E-state index in [1.807, 2.05) is 19.1 Å². The highest BCUT2D eigenvalue weighted by Crippen LogP contribution is 2.29. The van der Waals surface area contributed by atoms with Gasteiger partial charge in [0.25, 0.3) is 5.91 Å². The number of carbonyl (C=O) groups excluding carboxylic acids is 1. The van der Waals surface area contributed by atoms with Crippen molar-refractivity contribution >= 4 is 16.9 Å². The number of rotatable bonds is 2. The van der Waals surface area contributed by atoms with Crippen molar-refractivity contribution in [3.63, 3.8) is 0 Å². The smallest absolute Gasteiger partial charge is 0.254 e. The first-order valence-corrected chi connectivity index (χ1v) is 7.53. The zero-order valence-corrected chi connectivity index (χ0v) is 12.7. The van der Waals surface area contributed by atoms with E-state index in [-0.39, 0.29) is 17.9 Å². The lowest BCUT2D eigenvalue weighted by Crippen LogP contribution is -2.32. The lowest BCUT2D eigenvalue weighted by Gasteiger charge is -2.15. The molecule has 2 atom stereocenters. The maximum Gasteiger partial charge on any atom is 0.254 e. The number of amides is 1. The quantitative estimate of drug-likeness (QED) is 0.745. The van der Waals surface area contributed by atoms with Crippen molar-refractivity contribution in [1.29, 1.82) is 0 Å². The van der Waals surface area contributed by atoms with Gasteiger partial charge in [-0.3, -0.25) is 4.79 Å². The van der Waals surface area contributed by atoms with Gasteiger partial charge in [0.2, 0.25) is 0 Å². The molecule has 0 unspecified atom stereocenters. The number of carbonyl (C=O) groups is 1. The van der Waals surface area contributed by atoms with E-state index in [1.54, 1.807) is 23.1 Å². The minimum atomic E-state index is -0.125. The van der Waals surface area contributed by atoms with Crippen LogP contribution < -0.4 is 5.73 Å². The summed E-state index contributed by atoms with van der Waals surface area (Å²) in [5, 5.41) is 10.6. The predicted octanol–water partition coefficient (Wildman–Crippen LogP) is 1.43. The Labute approximate surface area is 132 Å². The van der Waals surface area contributed by atoms with Crippen LogP contribution in [0.25, 0.3) is 11.0 Å². The highest BCUT2D eigenvalue weighted by atomic mass is 16.3. The van der Waals surface area contributed by atoms with Crippen molar-refractivity contribution in [2.24, 2.45) is 5.73 Å². The third kappa shape index (κ3) is 2.39. The summed E-state index contributed by atoms with van der Waals surface area (Å²) in [5.74, 6) is 1.69. The van der Waals surface area contributed by atoms with Crippen LogP contribution in [0.5, 0.6) is 0 Å². The summed E-state index contributed by atoms with van der Waals surface area (Å²) in [4.78, 5) is 14.5. The number of aromatic amines is 1. The number of nitrogens with one attached hydrogen (secondary N) is 1. The number of nitrogens with two attached hydrogens (primary N) is 1. The standard InChI is InChI=1S/C16H17N5O2/c1-9-2-5-15(23-9)11-7-21(8-12(11)17)16(22)10-3-4-13-14(6-10)19-20-18-13/h2-6,11-12H,7-8,17H2,1H3,(H,18,19,20)/t11-,12-/m0/s1. The monoisotopic (exact) mass is 311 g/mol. The molecule has 1 aliphatic heterocycles. The minimum Gasteiger partial charge on any atom is -0.466 e. The van der Waals surface area contributed by atoms with Gasteiger partial charge in [0.15, 0.2) is 0 Å². The molecule has 1 fully saturated rings. The molecule has 1 saturated heterocycles. The van der Waals surface area contributed by atoms with Crippen LogP contribution in [-0.4, -0.2) is 45.3 Å². The summed E-state index contributed by atoms with van der Waals surface area (Å²) >= 11 is 0. The van der Waals surface area contributed by atoms with Crippen LogP contribution in [0, 0.1) is 6.92 Å². The molecule has 3 N–H and O–H groups in total. The summed E-state index contributed by atoms with van der Waals surface area (Å²) in [5.41, 5.74) is 8.23. The molecule has 1 aliphatic rings. The van der Waals surface area contributed by atoms with E-state index in [0.29, 0.717) is 24.2 Å². The number of hydrogen-bond donors (Lipinski definition) is 2. The van der Waals surface area contributed by atoms with E-state index in [2.05, 4.69) is 15.4 Å². The molecule has 1 aromatic carbocycles. The number of fused-ring (bicyclic) bond motifs is 1. The Morgan fingerprint density at radius 1 is 1.26 bits per heavy atom. The molecule has 118 valence electrons. The molecule has 0 saturated carbocycles. The van der Waals surface area contributed by atoms with Crippen LogP contribution in [0.2, 0.25) is 0 Å². The first-order chi connectivity index (χ1) is 11.1. The van der Waals surface area contributed by atoms with Gasteiger partial charge in [-0.1, -0.05) is 0 Å². The van der Waals surface area contributed by atoms with Crippen molar-refractivity contribution in [2.75, 3.05) is 13.1 Å². The number of nitrogens with zero attached hydrogens (tertiary/aromatic N) is 3. The summed E-state index contributed by atoms with van der Waals surface area (Å²) in [7, 11) is 0. The van der Waals surface area contributed by atoms with Gasteiger partial charge in [-0.25, -0.2) is 0 Å². The maximum atomic E-state index is 12.7. The molecule has 4 rings (SSSR count). The Bertz CT molecular complexity index is 868. The molecular weight excluding hydrogens is 294 g/mol. The number of benzene rings is 1. The van der Waals surface area contributed by atoms with Gasteiger partial charge >= 0.3 is 0 Å². The van der Waals surface area contributed by atoms with E-state index < -0.39 is 0 Å². The zero-order valence-electron chi connectivity index (χ0n) is 12.7. The fourth-order valence-corrected chi connectivity index (χ4v) is 3.10. The summed E-state index contributed by atoms with van der Waals surface area (Å²) < 4.78 is 5.68. The summed E-state index contributed by atoms with van der Waals surface area (Å²) in [6, 6.07) is 9.04. The van der Waals surface area contributed by atoms with Gasteiger partial charge in [0, 0.05) is 24.7 Å². The average molecular weight is 311 g/mol. The molecule has 23 heavy (non-hydrogen) atoms. The lowest BCUT2D eigenvalue weighted by molar-refractivity contribution is 0.0788. The van der Waals surface area contributed by atoms with E-state index >= 15 is 0 Å². The average Bonchev–Trinajstić information content (AvgIpc) is 3.25. The third-order valence-corrected chi connectivity index (χ3v) is 4.34. The van der Waals surface area contributed by atoms with Crippen LogP contribution in [-0.2, 0) is 0 Å². The molecule has 2 aromatic heterocycles. The van der Waals surface area contributed by atoms with Crippen LogP contribution in [0.15, 0.2) is 34.7 Å². The number of aryl methyl sites for hydroxylation is 1. The fourth-order valence-electron chi connectivity index (χ4n) is 3.10. The second-order valence-electron chi connectivity index (χ2n) is 5.96. The van der Waals surface area contributed by atoms with Crippen LogP contribution in [0.3, 0.4) is 0 Å². The van der Waals surface area contributed by atoms with Gasteiger partial charge < -0.3 is 15.1 Å². The van der Waals surface area contributed by atoms with Gasteiger partial charge in [-0.15, -0.1) is 0 Å². The first-order valence-electron chi connectivity index (χ1n) is 7.53. The minimum absolute atomic E-state index is 0.0310. The van der Waals surface area contributed by atoms with Gasteiger partial charge in [0.05, 0.1) is 5.92 Å². The van der Waals surface area contributed by atoms with Crippen molar-refractivity contribution in [3.05, 3.63) is 47.4 Å². The van der Waals surface area contributed by atoms with Crippen LogP contribution in [0.4, 0.5) is 0 Å². The third-order valence-electron chi connectivity index (χ3n) is 4.34. The molecule has 0 radical (unpaired) electrons. The number of H-pyrrole nitrogens is 1. The van der Waals surface area contributed by atoms with Crippen LogP contribution in [0.1, 0.15) is 27.8 Å². The largest absolute Gasteiger partial charge is 0.466 e. The number of aromatic nitrogens is 3.